The van der Waals surface area contributed by atoms with Crippen molar-refractivity contribution < 1.29 is 4.39 Å². The van der Waals surface area contributed by atoms with E-state index in [9.17, 15) is 4.39 Å². The van der Waals surface area contributed by atoms with Gasteiger partial charge < -0.3 is 5.32 Å². The van der Waals surface area contributed by atoms with Crippen LogP contribution < -0.4 is 5.32 Å². The molecule has 1 atom stereocenters. The Balaban J connectivity index is 2.53. The third-order valence-electron chi connectivity index (χ3n) is 3.39. The van der Waals surface area contributed by atoms with E-state index in [0.717, 1.165) is 18.5 Å². The Bertz CT molecular complexity index is 368. The van der Waals surface area contributed by atoms with Crippen molar-refractivity contribution in [1.82, 2.24) is 5.32 Å². The van der Waals surface area contributed by atoms with Crippen molar-refractivity contribution in [2.45, 2.75) is 58.4 Å². The molecule has 0 saturated carbocycles. The molecule has 1 aromatic rings. The zero-order valence-corrected chi connectivity index (χ0v) is 12.8. The number of nitrogens with one attached hydrogen (secondary N) is 1. The van der Waals surface area contributed by atoms with Crippen LogP contribution in [-0.2, 0) is 0 Å². The van der Waals surface area contributed by atoms with Crippen LogP contribution in [0.1, 0.15) is 64.0 Å². The quantitative estimate of drug-likeness (QED) is 0.592. The van der Waals surface area contributed by atoms with Crippen LogP contribution >= 0.6 is 11.6 Å². The van der Waals surface area contributed by atoms with Gasteiger partial charge in [0.15, 0.2) is 0 Å². The molecule has 108 valence electrons. The molecule has 0 amide bonds. The highest BCUT2D eigenvalue weighted by Crippen LogP contribution is 2.24. The van der Waals surface area contributed by atoms with Crippen LogP contribution in [0.25, 0.3) is 0 Å². The maximum absolute atomic E-state index is 13.5. The van der Waals surface area contributed by atoms with Gasteiger partial charge in [0.25, 0.3) is 0 Å². The Morgan fingerprint density at radius 3 is 2.53 bits per heavy atom. The van der Waals surface area contributed by atoms with Gasteiger partial charge in [-0.2, -0.15) is 0 Å². The molecule has 1 aromatic carbocycles. The predicted molar refractivity (Wildman–Crippen MR) is 81.2 cm³/mol. The molecule has 0 radical (unpaired) electrons. The summed E-state index contributed by atoms with van der Waals surface area (Å²) in [4.78, 5) is 0. The zero-order valence-electron chi connectivity index (χ0n) is 12.0. The van der Waals surface area contributed by atoms with Gasteiger partial charge in [-0.15, -0.1) is 0 Å². The van der Waals surface area contributed by atoms with Crippen LogP contribution in [-0.4, -0.2) is 6.54 Å². The van der Waals surface area contributed by atoms with Crippen molar-refractivity contribution in [2.24, 2.45) is 0 Å². The fourth-order valence-corrected chi connectivity index (χ4v) is 2.43. The van der Waals surface area contributed by atoms with E-state index < -0.39 is 0 Å². The Kier molecular flexibility index (Phi) is 8.08. The van der Waals surface area contributed by atoms with Gasteiger partial charge in [0.1, 0.15) is 5.82 Å². The Morgan fingerprint density at radius 1 is 1.16 bits per heavy atom. The second-order valence-corrected chi connectivity index (χ2v) is 5.39. The molecular weight excluding hydrogens is 261 g/mol. The molecule has 1 unspecified atom stereocenters. The lowest BCUT2D eigenvalue weighted by atomic mass is 9.99. The van der Waals surface area contributed by atoms with Gasteiger partial charge in [0, 0.05) is 6.04 Å². The minimum atomic E-state index is -0.326. The van der Waals surface area contributed by atoms with E-state index in [-0.39, 0.29) is 16.9 Å². The van der Waals surface area contributed by atoms with E-state index in [0.29, 0.717) is 0 Å². The minimum absolute atomic E-state index is 0.196. The predicted octanol–water partition coefficient (Wildman–Crippen LogP) is 5.49. The highest BCUT2D eigenvalue weighted by molar-refractivity contribution is 6.30. The zero-order chi connectivity index (χ0) is 14.1. The number of halogens is 2. The van der Waals surface area contributed by atoms with Crippen LogP contribution in [0.4, 0.5) is 4.39 Å². The number of hydrogen-bond acceptors (Lipinski definition) is 1. The van der Waals surface area contributed by atoms with Gasteiger partial charge in [-0.05, 0) is 30.7 Å². The smallest absolute Gasteiger partial charge is 0.142 e. The first-order valence-electron chi connectivity index (χ1n) is 7.37. The minimum Gasteiger partial charge on any atom is -0.310 e. The Labute approximate surface area is 121 Å². The molecule has 0 heterocycles. The van der Waals surface area contributed by atoms with Crippen LogP contribution in [0.3, 0.4) is 0 Å². The molecule has 0 aliphatic heterocycles. The topological polar surface area (TPSA) is 12.0 Å². The van der Waals surface area contributed by atoms with Crippen molar-refractivity contribution >= 4 is 11.6 Å². The van der Waals surface area contributed by atoms with Gasteiger partial charge in [0.05, 0.1) is 5.02 Å². The summed E-state index contributed by atoms with van der Waals surface area (Å²) in [5.74, 6) is -0.326. The molecule has 1 rings (SSSR count). The molecule has 3 heteroatoms. The molecule has 0 aliphatic rings. The highest BCUT2D eigenvalue weighted by Gasteiger charge is 2.11. The van der Waals surface area contributed by atoms with E-state index in [4.69, 9.17) is 11.6 Å². The third kappa shape index (κ3) is 5.92. The highest BCUT2D eigenvalue weighted by atomic mass is 35.5. The van der Waals surface area contributed by atoms with E-state index in [1.54, 1.807) is 12.1 Å². The maximum atomic E-state index is 13.5. The average Bonchev–Trinajstić information content (AvgIpc) is 2.40. The number of rotatable bonds is 9. The largest absolute Gasteiger partial charge is 0.310 e. The summed E-state index contributed by atoms with van der Waals surface area (Å²) in [5, 5.41) is 3.62. The molecule has 19 heavy (non-hydrogen) atoms. The summed E-state index contributed by atoms with van der Waals surface area (Å²) in [5.41, 5.74) is 0.999. The van der Waals surface area contributed by atoms with Crippen molar-refractivity contribution in [1.29, 1.82) is 0 Å². The summed E-state index contributed by atoms with van der Waals surface area (Å²) in [7, 11) is 0. The van der Waals surface area contributed by atoms with E-state index in [2.05, 4.69) is 19.2 Å². The molecule has 0 bridgehead atoms. The van der Waals surface area contributed by atoms with Crippen molar-refractivity contribution in [3.63, 3.8) is 0 Å². The second kappa shape index (κ2) is 9.33. The summed E-state index contributed by atoms with van der Waals surface area (Å²) < 4.78 is 13.5. The number of hydrogen-bond donors (Lipinski definition) is 1. The van der Waals surface area contributed by atoms with E-state index in [1.807, 2.05) is 6.07 Å². The lowest BCUT2D eigenvalue weighted by Crippen LogP contribution is -2.21. The van der Waals surface area contributed by atoms with Crippen LogP contribution in [0, 0.1) is 5.82 Å². The SMILES string of the molecule is CCCCCCCC(NCC)c1ccc(Cl)c(F)c1. The summed E-state index contributed by atoms with van der Waals surface area (Å²) in [6, 6.07) is 5.36. The first kappa shape index (κ1) is 16.5. The first-order chi connectivity index (χ1) is 9.19. The Morgan fingerprint density at radius 2 is 1.89 bits per heavy atom. The summed E-state index contributed by atoms with van der Waals surface area (Å²) >= 11 is 5.73. The van der Waals surface area contributed by atoms with Gasteiger partial charge in [-0.25, -0.2) is 4.39 Å². The normalized spacial score (nSPS) is 12.6. The molecule has 0 aromatic heterocycles. The third-order valence-corrected chi connectivity index (χ3v) is 3.70. The first-order valence-corrected chi connectivity index (χ1v) is 7.75. The van der Waals surface area contributed by atoms with Gasteiger partial charge >= 0.3 is 0 Å². The summed E-state index contributed by atoms with van der Waals surface area (Å²) in [6.07, 6.45) is 7.36. The molecular formula is C16H25ClFN. The molecule has 1 nitrogen and oxygen atoms in total. The van der Waals surface area contributed by atoms with Crippen molar-refractivity contribution in [3.05, 3.63) is 34.6 Å². The summed E-state index contributed by atoms with van der Waals surface area (Å²) in [6.45, 7) is 5.19. The molecule has 1 N–H and O–H groups in total. The molecule has 0 aliphatic carbocycles. The van der Waals surface area contributed by atoms with E-state index in [1.165, 1.54) is 32.1 Å². The Hall–Kier alpha value is -0.600. The van der Waals surface area contributed by atoms with Gasteiger partial charge in [-0.3, -0.25) is 0 Å². The maximum Gasteiger partial charge on any atom is 0.142 e. The lowest BCUT2D eigenvalue weighted by molar-refractivity contribution is 0.476. The van der Waals surface area contributed by atoms with Gasteiger partial charge in [-0.1, -0.05) is 63.6 Å². The monoisotopic (exact) mass is 285 g/mol. The number of benzene rings is 1. The van der Waals surface area contributed by atoms with Crippen LogP contribution in [0.2, 0.25) is 5.02 Å². The fraction of sp³-hybridized carbons (Fsp3) is 0.625. The van der Waals surface area contributed by atoms with Crippen molar-refractivity contribution in [2.75, 3.05) is 6.54 Å². The lowest BCUT2D eigenvalue weighted by Gasteiger charge is -2.18. The fourth-order valence-electron chi connectivity index (χ4n) is 2.31. The standard InChI is InChI=1S/C16H25ClFN/c1-3-5-6-7-8-9-16(19-4-2)13-10-11-14(17)15(18)12-13/h10-12,16,19H,3-9H2,1-2H3. The van der Waals surface area contributed by atoms with Crippen LogP contribution in [0.5, 0.6) is 0 Å². The van der Waals surface area contributed by atoms with E-state index >= 15 is 0 Å². The second-order valence-electron chi connectivity index (χ2n) is 4.99. The van der Waals surface area contributed by atoms with Crippen molar-refractivity contribution in [3.8, 4) is 0 Å². The molecule has 0 spiro atoms. The van der Waals surface area contributed by atoms with Gasteiger partial charge in [0.2, 0.25) is 0 Å². The molecule has 0 fully saturated rings. The molecule has 0 saturated heterocycles. The number of unbranched alkanes of at least 4 members (excludes halogenated alkanes) is 4. The van der Waals surface area contributed by atoms with Crippen LogP contribution in [0.15, 0.2) is 18.2 Å². The average molecular weight is 286 g/mol.